The zero-order valence-electron chi connectivity index (χ0n) is 20.5. The minimum Gasteiger partial charge on any atom is -0.493 e. The van der Waals surface area contributed by atoms with Crippen molar-refractivity contribution in [3.8, 4) is 28.4 Å². The number of carbonyl (C=O) groups excluding carboxylic acids is 1. The van der Waals surface area contributed by atoms with Gasteiger partial charge in [0, 0.05) is 28.9 Å². The molecule has 3 aromatic rings. The summed E-state index contributed by atoms with van der Waals surface area (Å²) in [6.07, 6.45) is 7.35. The summed E-state index contributed by atoms with van der Waals surface area (Å²) in [5, 5.41) is 8.11. The molecule has 1 fully saturated rings. The predicted octanol–water partition coefficient (Wildman–Crippen LogP) is 5.18. The highest BCUT2D eigenvalue weighted by Gasteiger charge is 2.32. The molecule has 5 rings (SSSR count). The Bertz CT molecular complexity index is 1200. The highest BCUT2D eigenvalue weighted by molar-refractivity contribution is 5.92. The van der Waals surface area contributed by atoms with Gasteiger partial charge < -0.3 is 19.5 Å². The van der Waals surface area contributed by atoms with E-state index in [0.717, 1.165) is 66.9 Å². The van der Waals surface area contributed by atoms with Crippen LogP contribution in [0.1, 0.15) is 37.8 Å². The van der Waals surface area contributed by atoms with Gasteiger partial charge in [0.15, 0.2) is 11.5 Å². The zero-order valence-corrected chi connectivity index (χ0v) is 20.5. The summed E-state index contributed by atoms with van der Waals surface area (Å²) in [6, 6.07) is 12.0. The van der Waals surface area contributed by atoms with Gasteiger partial charge in [0.25, 0.3) is 0 Å². The first-order valence-electron chi connectivity index (χ1n) is 12.2. The molecule has 8 heteroatoms. The Morgan fingerprint density at radius 2 is 1.83 bits per heavy atom. The van der Waals surface area contributed by atoms with E-state index in [1.54, 1.807) is 12.0 Å². The Labute approximate surface area is 205 Å². The maximum Gasteiger partial charge on any atom is 0.414 e. The summed E-state index contributed by atoms with van der Waals surface area (Å²) in [6.45, 7) is 4.04. The molecule has 0 spiro atoms. The molecule has 0 bridgehead atoms. The van der Waals surface area contributed by atoms with Crippen molar-refractivity contribution in [1.82, 2.24) is 15.1 Å². The number of piperidine rings is 1. The van der Waals surface area contributed by atoms with Crippen LogP contribution in [0, 0.1) is 0 Å². The number of aromatic nitrogens is 2. The lowest BCUT2D eigenvalue weighted by atomic mass is 9.92. The van der Waals surface area contributed by atoms with Gasteiger partial charge in [-0.2, -0.15) is 5.10 Å². The Hall–Kier alpha value is -3.52. The van der Waals surface area contributed by atoms with Gasteiger partial charge in [-0.15, -0.1) is 0 Å². The summed E-state index contributed by atoms with van der Waals surface area (Å²) >= 11 is 0. The van der Waals surface area contributed by atoms with E-state index in [0.29, 0.717) is 17.5 Å². The molecule has 1 N–H and O–H groups in total. The molecule has 1 amide bonds. The van der Waals surface area contributed by atoms with Crippen LogP contribution in [0.2, 0.25) is 0 Å². The molecular weight excluding hydrogens is 444 g/mol. The monoisotopic (exact) mass is 476 g/mol. The maximum absolute atomic E-state index is 12.7. The van der Waals surface area contributed by atoms with Crippen LogP contribution in [0.5, 0.6) is 17.2 Å². The Morgan fingerprint density at radius 1 is 1.06 bits per heavy atom. The molecule has 184 valence electrons. The van der Waals surface area contributed by atoms with Crippen LogP contribution in [0.3, 0.4) is 0 Å². The van der Waals surface area contributed by atoms with Crippen LogP contribution in [-0.2, 0) is 11.2 Å². The van der Waals surface area contributed by atoms with Crippen LogP contribution >= 0.6 is 0 Å². The second-order valence-electron chi connectivity index (χ2n) is 9.11. The number of benzene rings is 2. The molecule has 1 atom stereocenters. The van der Waals surface area contributed by atoms with Crippen LogP contribution in [0.15, 0.2) is 48.8 Å². The van der Waals surface area contributed by atoms with Gasteiger partial charge in [-0.25, -0.2) is 4.79 Å². The van der Waals surface area contributed by atoms with E-state index in [4.69, 9.17) is 19.3 Å². The fourth-order valence-electron chi connectivity index (χ4n) is 5.09. The lowest BCUT2D eigenvalue weighted by molar-refractivity contribution is 0.175. The average molecular weight is 477 g/mol. The fraction of sp³-hybridized carbons (Fsp3) is 0.407. The lowest BCUT2D eigenvalue weighted by Crippen LogP contribution is -2.42. The number of hydrogen-bond donors (Lipinski definition) is 1. The van der Waals surface area contributed by atoms with Crippen molar-refractivity contribution in [2.45, 2.75) is 44.7 Å². The van der Waals surface area contributed by atoms with E-state index in [2.05, 4.69) is 16.2 Å². The largest absolute Gasteiger partial charge is 0.493 e. The fourth-order valence-corrected chi connectivity index (χ4v) is 5.09. The molecule has 2 aliphatic heterocycles. The third-order valence-electron chi connectivity index (χ3n) is 7.00. The number of rotatable bonds is 5. The van der Waals surface area contributed by atoms with Crippen molar-refractivity contribution in [3.63, 3.8) is 0 Å². The van der Waals surface area contributed by atoms with Crippen molar-refractivity contribution in [3.05, 3.63) is 54.4 Å². The van der Waals surface area contributed by atoms with Crippen molar-refractivity contribution in [1.29, 1.82) is 0 Å². The predicted molar refractivity (Wildman–Crippen MR) is 135 cm³/mol. The number of carbonyl (C=O) groups is 1. The van der Waals surface area contributed by atoms with Gasteiger partial charge in [-0.05, 0) is 70.0 Å². The van der Waals surface area contributed by atoms with Gasteiger partial charge in [-0.3, -0.25) is 9.58 Å². The SMILES string of the molecule is COC(=O)N1c2ccc(-c3cnn(C4CCNCC4)c3)c(Oc3ccccc3OC)c2CC[C@@H]1C. The number of methoxy groups -OCH3 is 2. The molecule has 3 heterocycles. The molecule has 1 aromatic heterocycles. The molecule has 1 saturated heterocycles. The molecule has 2 aromatic carbocycles. The molecule has 0 aliphatic carbocycles. The number of fused-ring (bicyclic) bond motifs is 1. The topological polar surface area (TPSA) is 77.9 Å². The molecule has 8 nitrogen and oxygen atoms in total. The summed E-state index contributed by atoms with van der Waals surface area (Å²) in [7, 11) is 3.05. The Balaban J connectivity index is 1.62. The molecule has 0 unspecified atom stereocenters. The Morgan fingerprint density at radius 3 is 2.57 bits per heavy atom. The first-order chi connectivity index (χ1) is 17.1. The number of anilines is 1. The smallest absolute Gasteiger partial charge is 0.414 e. The van der Waals surface area contributed by atoms with Gasteiger partial charge in [0.05, 0.1) is 32.1 Å². The summed E-state index contributed by atoms with van der Waals surface area (Å²) in [5.41, 5.74) is 3.72. The van der Waals surface area contributed by atoms with E-state index in [9.17, 15) is 4.79 Å². The number of nitrogens with zero attached hydrogens (tertiary/aromatic N) is 3. The quantitative estimate of drug-likeness (QED) is 0.547. The summed E-state index contributed by atoms with van der Waals surface area (Å²) in [4.78, 5) is 14.4. The van der Waals surface area contributed by atoms with E-state index >= 15 is 0 Å². The van der Waals surface area contributed by atoms with Crippen LogP contribution < -0.4 is 19.7 Å². The van der Waals surface area contributed by atoms with Gasteiger partial charge >= 0.3 is 6.09 Å². The number of para-hydroxylation sites is 2. The van der Waals surface area contributed by atoms with Gasteiger partial charge in [-0.1, -0.05) is 12.1 Å². The number of nitrogens with one attached hydrogen (secondary N) is 1. The molecule has 2 aliphatic rings. The zero-order chi connectivity index (χ0) is 24.4. The van der Waals surface area contributed by atoms with Crippen LogP contribution in [0.25, 0.3) is 11.1 Å². The minimum atomic E-state index is -0.367. The highest BCUT2D eigenvalue weighted by Crippen LogP contribution is 2.46. The summed E-state index contributed by atoms with van der Waals surface area (Å²) < 4.78 is 19.3. The van der Waals surface area contributed by atoms with Gasteiger partial charge in [0.1, 0.15) is 5.75 Å². The molecular formula is C27H32N4O4. The Kier molecular flexibility index (Phi) is 6.63. The van der Waals surface area contributed by atoms with E-state index in [1.165, 1.54) is 7.11 Å². The number of hydrogen-bond acceptors (Lipinski definition) is 6. The minimum absolute atomic E-state index is 0.0302. The summed E-state index contributed by atoms with van der Waals surface area (Å²) in [5.74, 6) is 1.99. The van der Waals surface area contributed by atoms with Crippen molar-refractivity contribution in [2.24, 2.45) is 0 Å². The first-order valence-corrected chi connectivity index (χ1v) is 12.2. The molecule has 35 heavy (non-hydrogen) atoms. The number of amides is 1. The maximum atomic E-state index is 12.7. The van der Waals surface area contributed by atoms with Crippen molar-refractivity contribution < 1.29 is 19.0 Å². The first kappa shape index (κ1) is 23.2. The third-order valence-corrected chi connectivity index (χ3v) is 7.00. The van der Waals surface area contributed by atoms with Crippen molar-refractivity contribution >= 4 is 11.8 Å². The lowest BCUT2D eigenvalue weighted by Gasteiger charge is -2.35. The second kappa shape index (κ2) is 10.00. The number of ether oxygens (including phenoxy) is 3. The highest BCUT2D eigenvalue weighted by atomic mass is 16.5. The second-order valence-corrected chi connectivity index (χ2v) is 9.11. The standard InChI is InChI=1S/C27H32N4O4/c1-18-8-9-22-23(31(18)27(32)34-3)11-10-21(26(22)35-25-7-5-4-6-24(25)33-2)19-16-29-30(17-19)20-12-14-28-15-13-20/h4-7,10-11,16-18,20,28H,8-9,12-15H2,1-3H3/t18-/m0/s1. The van der Waals surface area contributed by atoms with Crippen LogP contribution in [0.4, 0.5) is 10.5 Å². The van der Waals surface area contributed by atoms with Crippen molar-refractivity contribution in [2.75, 3.05) is 32.2 Å². The van der Waals surface area contributed by atoms with E-state index < -0.39 is 0 Å². The third kappa shape index (κ3) is 4.46. The van der Waals surface area contributed by atoms with E-state index in [1.807, 2.05) is 49.5 Å². The molecule has 0 radical (unpaired) electrons. The van der Waals surface area contributed by atoms with Gasteiger partial charge in [0.2, 0.25) is 0 Å². The van der Waals surface area contributed by atoms with E-state index in [-0.39, 0.29) is 12.1 Å². The molecule has 0 saturated carbocycles. The average Bonchev–Trinajstić information content (AvgIpc) is 3.39. The van der Waals surface area contributed by atoms with Crippen LogP contribution in [-0.4, -0.2) is 49.2 Å². The normalized spacial score (nSPS) is 18.1.